The summed E-state index contributed by atoms with van der Waals surface area (Å²) in [6, 6.07) is 0.737. The van der Waals surface area contributed by atoms with Crippen LogP contribution in [0.1, 0.15) is 54.4 Å². The van der Waals surface area contributed by atoms with E-state index in [0.29, 0.717) is 5.41 Å². The van der Waals surface area contributed by atoms with E-state index >= 15 is 0 Å². The number of likely N-dealkylation sites (N-methyl/N-ethyl adjacent to an activating group) is 1. The van der Waals surface area contributed by atoms with E-state index in [1.54, 1.807) is 0 Å². The van der Waals surface area contributed by atoms with Gasteiger partial charge in [0.1, 0.15) is 0 Å². The molecule has 0 aliphatic carbocycles. The molecule has 0 spiro atoms. The molecule has 1 saturated heterocycles. The first-order valence-electron chi connectivity index (χ1n) is 8.37. The summed E-state index contributed by atoms with van der Waals surface area (Å²) in [6.07, 6.45) is 2.50. The molecule has 0 amide bonds. The van der Waals surface area contributed by atoms with Crippen LogP contribution in [0.15, 0.2) is 0 Å². The maximum absolute atomic E-state index is 3.70. The fraction of sp³-hybridized carbons (Fsp3) is 1.00. The lowest BCUT2D eigenvalue weighted by Crippen LogP contribution is -2.55. The number of hydrogen-bond acceptors (Lipinski definition) is 3. The Morgan fingerprint density at radius 3 is 2.25 bits per heavy atom. The predicted molar refractivity (Wildman–Crippen MR) is 89.3 cm³/mol. The van der Waals surface area contributed by atoms with E-state index in [9.17, 15) is 0 Å². The van der Waals surface area contributed by atoms with E-state index in [4.69, 9.17) is 0 Å². The third-order valence-corrected chi connectivity index (χ3v) is 4.84. The van der Waals surface area contributed by atoms with Gasteiger partial charge < -0.3 is 10.2 Å². The molecule has 0 aromatic rings. The lowest BCUT2D eigenvalue weighted by Gasteiger charge is -2.43. The van der Waals surface area contributed by atoms with Gasteiger partial charge in [0.05, 0.1) is 0 Å². The molecular weight excluding hydrogens is 246 g/mol. The van der Waals surface area contributed by atoms with Crippen LogP contribution < -0.4 is 5.32 Å². The largest absolute Gasteiger partial charge is 0.311 e. The average Bonchev–Trinajstić information content (AvgIpc) is 2.38. The molecule has 20 heavy (non-hydrogen) atoms. The highest BCUT2D eigenvalue weighted by Crippen LogP contribution is 2.24. The van der Waals surface area contributed by atoms with Gasteiger partial charge in [-0.25, -0.2) is 0 Å². The van der Waals surface area contributed by atoms with Crippen LogP contribution in [0, 0.1) is 5.41 Å². The third kappa shape index (κ3) is 5.71. The van der Waals surface area contributed by atoms with Crippen molar-refractivity contribution in [1.29, 1.82) is 0 Å². The summed E-state index contributed by atoms with van der Waals surface area (Å²) in [5, 5.41) is 3.70. The Labute approximate surface area is 127 Å². The van der Waals surface area contributed by atoms with Crippen molar-refractivity contribution in [2.75, 3.05) is 39.8 Å². The van der Waals surface area contributed by atoms with E-state index < -0.39 is 0 Å². The average molecular weight is 284 g/mol. The zero-order valence-electron chi connectivity index (χ0n) is 14.9. The zero-order valence-corrected chi connectivity index (χ0v) is 14.9. The van der Waals surface area contributed by atoms with Crippen LogP contribution in [0.2, 0.25) is 0 Å². The van der Waals surface area contributed by atoms with Crippen LogP contribution in [0.25, 0.3) is 0 Å². The first-order valence-corrected chi connectivity index (χ1v) is 8.37. The van der Waals surface area contributed by atoms with Crippen molar-refractivity contribution < 1.29 is 0 Å². The third-order valence-electron chi connectivity index (χ3n) is 4.84. The number of nitrogens with one attached hydrogen (secondary N) is 1. The fourth-order valence-electron chi connectivity index (χ4n) is 2.91. The minimum atomic E-state index is 0.213. The number of piperazine rings is 1. The molecule has 2 unspecified atom stereocenters. The fourth-order valence-corrected chi connectivity index (χ4v) is 2.91. The molecule has 1 heterocycles. The van der Waals surface area contributed by atoms with Crippen molar-refractivity contribution in [3.63, 3.8) is 0 Å². The van der Waals surface area contributed by atoms with E-state index in [0.717, 1.165) is 12.6 Å². The summed E-state index contributed by atoms with van der Waals surface area (Å²) in [6.45, 7) is 19.8. The molecular formula is C17H37N3. The van der Waals surface area contributed by atoms with E-state index in [1.807, 2.05) is 0 Å². The van der Waals surface area contributed by atoms with Crippen molar-refractivity contribution >= 4 is 0 Å². The molecule has 1 N–H and O–H groups in total. The molecule has 3 heteroatoms. The van der Waals surface area contributed by atoms with Crippen LogP contribution in [-0.2, 0) is 0 Å². The summed E-state index contributed by atoms with van der Waals surface area (Å²) >= 11 is 0. The Morgan fingerprint density at radius 2 is 1.75 bits per heavy atom. The molecule has 1 rings (SSSR count). The zero-order chi connectivity index (χ0) is 15.4. The Balaban J connectivity index is 2.54. The summed E-state index contributed by atoms with van der Waals surface area (Å²) in [7, 11) is 2.27. The Bertz CT molecular complexity index is 284. The van der Waals surface area contributed by atoms with Gasteiger partial charge in [0, 0.05) is 44.3 Å². The molecule has 0 bridgehead atoms. The van der Waals surface area contributed by atoms with E-state index in [2.05, 4.69) is 63.7 Å². The molecule has 2 atom stereocenters. The second-order valence-corrected chi connectivity index (χ2v) is 8.05. The highest BCUT2D eigenvalue weighted by molar-refractivity contribution is 4.87. The molecule has 1 aliphatic rings. The van der Waals surface area contributed by atoms with E-state index in [-0.39, 0.29) is 5.54 Å². The molecule has 0 radical (unpaired) electrons. The standard InChI is InChI=1S/C17H37N3/c1-8-15-12-20(11-10-19(15)7)14-17(6,9-2)13-18-16(3,4)5/h15,18H,8-14H2,1-7H3. The van der Waals surface area contributed by atoms with Gasteiger partial charge in [0.15, 0.2) is 0 Å². The van der Waals surface area contributed by atoms with Crippen molar-refractivity contribution in [1.82, 2.24) is 15.1 Å². The number of hydrogen-bond donors (Lipinski definition) is 1. The van der Waals surface area contributed by atoms with Crippen LogP contribution in [0.3, 0.4) is 0 Å². The van der Waals surface area contributed by atoms with Gasteiger partial charge >= 0.3 is 0 Å². The lowest BCUT2D eigenvalue weighted by atomic mass is 9.85. The van der Waals surface area contributed by atoms with Gasteiger partial charge in [-0.1, -0.05) is 20.8 Å². The van der Waals surface area contributed by atoms with Gasteiger partial charge in [-0.2, -0.15) is 0 Å². The van der Waals surface area contributed by atoms with Gasteiger partial charge in [0.25, 0.3) is 0 Å². The first-order chi connectivity index (χ1) is 9.19. The maximum Gasteiger partial charge on any atom is 0.0218 e. The monoisotopic (exact) mass is 283 g/mol. The molecule has 0 saturated carbocycles. The quantitative estimate of drug-likeness (QED) is 0.809. The smallest absolute Gasteiger partial charge is 0.0218 e. The van der Waals surface area contributed by atoms with Crippen molar-refractivity contribution in [2.24, 2.45) is 5.41 Å². The van der Waals surface area contributed by atoms with Crippen LogP contribution in [0.5, 0.6) is 0 Å². The highest BCUT2D eigenvalue weighted by atomic mass is 15.3. The molecule has 120 valence electrons. The second kappa shape index (κ2) is 7.24. The van der Waals surface area contributed by atoms with E-state index in [1.165, 1.54) is 39.0 Å². The summed E-state index contributed by atoms with van der Waals surface area (Å²) in [4.78, 5) is 5.20. The Morgan fingerprint density at radius 1 is 1.10 bits per heavy atom. The first kappa shape index (κ1) is 17.9. The topological polar surface area (TPSA) is 18.5 Å². The highest BCUT2D eigenvalue weighted by Gasteiger charge is 2.30. The van der Waals surface area contributed by atoms with Crippen LogP contribution in [-0.4, -0.2) is 61.2 Å². The minimum absolute atomic E-state index is 0.213. The van der Waals surface area contributed by atoms with Gasteiger partial charge in [-0.3, -0.25) is 4.90 Å². The minimum Gasteiger partial charge on any atom is -0.311 e. The summed E-state index contributed by atoms with van der Waals surface area (Å²) in [5.41, 5.74) is 0.589. The SMILES string of the molecule is CCC1CN(CC(C)(CC)CNC(C)(C)C)CCN1C. The molecule has 3 nitrogen and oxygen atoms in total. The van der Waals surface area contributed by atoms with Crippen molar-refractivity contribution in [3.8, 4) is 0 Å². The van der Waals surface area contributed by atoms with Crippen molar-refractivity contribution in [2.45, 2.75) is 66.0 Å². The molecule has 1 fully saturated rings. The lowest BCUT2D eigenvalue weighted by molar-refractivity contribution is 0.0577. The summed E-state index contributed by atoms with van der Waals surface area (Å²) in [5.74, 6) is 0. The van der Waals surface area contributed by atoms with Crippen LogP contribution in [0.4, 0.5) is 0 Å². The van der Waals surface area contributed by atoms with Gasteiger partial charge in [-0.05, 0) is 46.1 Å². The Kier molecular flexibility index (Phi) is 6.49. The van der Waals surface area contributed by atoms with Crippen LogP contribution >= 0.6 is 0 Å². The second-order valence-electron chi connectivity index (χ2n) is 8.05. The normalized spacial score (nSPS) is 25.6. The maximum atomic E-state index is 3.70. The van der Waals surface area contributed by atoms with Gasteiger partial charge in [0.2, 0.25) is 0 Å². The molecule has 0 aromatic carbocycles. The summed E-state index contributed by atoms with van der Waals surface area (Å²) < 4.78 is 0. The van der Waals surface area contributed by atoms with Gasteiger partial charge in [-0.15, -0.1) is 0 Å². The number of nitrogens with zero attached hydrogens (tertiary/aromatic N) is 2. The molecule has 1 aliphatic heterocycles. The van der Waals surface area contributed by atoms with Crippen molar-refractivity contribution in [3.05, 3.63) is 0 Å². The molecule has 0 aromatic heterocycles. The Hall–Kier alpha value is -0.120. The number of rotatable bonds is 6. The predicted octanol–water partition coefficient (Wildman–Crippen LogP) is 2.82.